The first-order valence-corrected chi connectivity index (χ1v) is 12.0. The predicted molar refractivity (Wildman–Crippen MR) is 131 cm³/mol. The van der Waals surface area contributed by atoms with Gasteiger partial charge in [0.2, 0.25) is 23.8 Å². The Labute approximate surface area is 197 Å². The molecule has 1 amide bonds. The quantitative estimate of drug-likeness (QED) is 0.588. The van der Waals surface area contributed by atoms with E-state index in [2.05, 4.69) is 42.8 Å². The third kappa shape index (κ3) is 6.57. The maximum Gasteiger partial charge on any atom is 0.232 e. The van der Waals surface area contributed by atoms with E-state index in [-0.39, 0.29) is 24.2 Å². The van der Waals surface area contributed by atoms with Crippen molar-refractivity contribution in [3.05, 3.63) is 0 Å². The highest BCUT2D eigenvalue weighted by Crippen LogP contribution is 2.28. The highest BCUT2D eigenvalue weighted by Gasteiger charge is 2.28. The Kier molecular flexibility index (Phi) is 9.16. The van der Waals surface area contributed by atoms with Crippen LogP contribution in [-0.2, 0) is 4.79 Å². The van der Waals surface area contributed by atoms with Gasteiger partial charge in [0.25, 0.3) is 0 Å². The second-order valence-corrected chi connectivity index (χ2v) is 9.36. The van der Waals surface area contributed by atoms with Crippen LogP contribution in [-0.4, -0.2) is 78.1 Å². The lowest BCUT2D eigenvalue weighted by molar-refractivity contribution is -0.126. The van der Waals surface area contributed by atoms with E-state index in [1.54, 1.807) is 0 Å². The highest BCUT2D eigenvalue weighted by atomic mass is 35.5. The van der Waals surface area contributed by atoms with Gasteiger partial charge in [0, 0.05) is 51.2 Å². The summed E-state index contributed by atoms with van der Waals surface area (Å²) >= 11 is 0. The predicted octanol–water partition coefficient (Wildman–Crippen LogP) is 2.51. The lowest BCUT2D eigenvalue weighted by Gasteiger charge is -2.33. The van der Waals surface area contributed by atoms with Gasteiger partial charge in [0.05, 0.1) is 0 Å². The molecule has 0 aromatic carbocycles. The zero-order valence-electron chi connectivity index (χ0n) is 19.5. The van der Waals surface area contributed by atoms with Gasteiger partial charge >= 0.3 is 0 Å². The molecule has 32 heavy (non-hydrogen) atoms. The monoisotopic (exact) mass is 466 g/mol. The largest absolute Gasteiger partial charge is 0.357 e. The molecule has 2 saturated carbocycles. The summed E-state index contributed by atoms with van der Waals surface area (Å²) in [4.78, 5) is 31.0. The number of hydrogen-bond acceptors (Lipinski definition) is 8. The summed E-state index contributed by atoms with van der Waals surface area (Å²) in [5.41, 5.74) is 0. The standard InChI is InChI=1S/C22H38N8O.ClH/c1-23-20-26-21(28-22(27-20)30-14-12-29(2)13-15-30)25-18-10-8-16(9-11-18)19(31)24-17-6-4-3-5-7-17;/h16-18H,3-15H2,1-2H3,(H,24,31)(H2,23,25,26,27,28);1H/t16-,18+;. The lowest BCUT2D eigenvalue weighted by Crippen LogP contribution is -2.45. The highest BCUT2D eigenvalue weighted by molar-refractivity contribution is 5.85. The summed E-state index contributed by atoms with van der Waals surface area (Å²) in [6, 6.07) is 0.696. The third-order valence-corrected chi connectivity index (χ3v) is 7.02. The fourth-order valence-electron chi connectivity index (χ4n) is 4.94. The smallest absolute Gasteiger partial charge is 0.232 e. The van der Waals surface area contributed by atoms with E-state index in [1.165, 1.54) is 19.3 Å². The minimum Gasteiger partial charge on any atom is -0.357 e. The minimum absolute atomic E-state index is 0. The number of rotatable bonds is 6. The number of anilines is 3. The first-order chi connectivity index (χ1) is 15.1. The van der Waals surface area contributed by atoms with Gasteiger partial charge in [0.1, 0.15) is 0 Å². The molecule has 9 nitrogen and oxygen atoms in total. The van der Waals surface area contributed by atoms with Crippen LogP contribution in [0.25, 0.3) is 0 Å². The maximum absolute atomic E-state index is 12.7. The molecular weight excluding hydrogens is 428 g/mol. The Bertz CT molecular complexity index is 729. The SMILES string of the molecule is CNc1nc(N[C@H]2CC[C@@H](C(=O)NC3CCCCC3)CC2)nc(N2CCN(C)CC2)n1.Cl. The number of aromatic nitrogens is 3. The molecule has 3 aliphatic rings. The molecule has 2 heterocycles. The number of amides is 1. The molecule has 1 aliphatic heterocycles. The number of carbonyl (C=O) groups excluding carboxylic acids is 1. The maximum atomic E-state index is 12.7. The summed E-state index contributed by atoms with van der Waals surface area (Å²) in [6.07, 6.45) is 9.87. The van der Waals surface area contributed by atoms with Gasteiger partial charge < -0.3 is 25.8 Å². The second kappa shape index (κ2) is 11.8. The molecule has 3 N–H and O–H groups in total. The normalized spacial score (nSPS) is 25.0. The van der Waals surface area contributed by atoms with Crippen molar-refractivity contribution in [3.8, 4) is 0 Å². The van der Waals surface area contributed by atoms with Crippen LogP contribution in [0.15, 0.2) is 0 Å². The Morgan fingerprint density at radius 1 is 0.844 bits per heavy atom. The molecule has 3 fully saturated rings. The van der Waals surface area contributed by atoms with Crippen LogP contribution in [0.4, 0.5) is 17.8 Å². The average molecular weight is 467 g/mol. The molecule has 0 radical (unpaired) electrons. The number of nitrogens with zero attached hydrogens (tertiary/aromatic N) is 5. The molecule has 2 aliphatic carbocycles. The summed E-state index contributed by atoms with van der Waals surface area (Å²) in [6.45, 7) is 3.86. The number of likely N-dealkylation sites (N-methyl/N-ethyl adjacent to an activating group) is 1. The zero-order valence-corrected chi connectivity index (χ0v) is 20.3. The molecular formula is C22H39ClN8O. The van der Waals surface area contributed by atoms with E-state index in [1.807, 2.05) is 7.05 Å². The lowest BCUT2D eigenvalue weighted by atomic mass is 9.85. The van der Waals surface area contributed by atoms with E-state index in [0.717, 1.165) is 70.7 Å². The molecule has 180 valence electrons. The van der Waals surface area contributed by atoms with Gasteiger partial charge in [-0.25, -0.2) is 0 Å². The zero-order chi connectivity index (χ0) is 21.6. The van der Waals surface area contributed by atoms with Gasteiger partial charge in [-0.3, -0.25) is 4.79 Å². The van der Waals surface area contributed by atoms with Crippen LogP contribution in [0.1, 0.15) is 57.8 Å². The fourth-order valence-corrected chi connectivity index (χ4v) is 4.94. The second-order valence-electron chi connectivity index (χ2n) is 9.36. The van der Waals surface area contributed by atoms with Crippen LogP contribution in [0.5, 0.6) is 0 Å². The topological polar surface area (TPSA) is 98.3 Å². The number of hydrogen-bond donors (Lipinski definition) is 3. The number of halogens is 1. The summed E-state index contributed by atoms with van der Waals surface area (Å²) in [5.74, 6) is 2.36. The number of nitrogens with one attached hydrogen (secondary N) is 3. The molecule has 0 atom stereocenters. The Morgan fingerprint density at radius 3 is 2.16 bits per heavy atom. The Morgan fingerprint density at radius 2 is 1.50 bits per heavy atom. The van der Waals surface area contributed by atoms with Crippen LogP contribution >= 0.6 is 12.4 Å². The van der Waals surface area contributed by atoms with E-state index in [4.69, 9.17) is 4.98 Å². The summed E-state index contributed by atoms with van der Waals surface area (Å²) in [5, 5.41) is 9.88. The van der Waals surface area contributed by atoms with Gasteiger partial charge in [-0.15, -0.1) is 12.4 Å². The van der Waals surface area contributed by atoms with E-state index in [9.17, 15) is 4.79 Å². The molecule has 4 rings (SSSR count). The number of piperazine rings is 1. The van der Waals surface area contributed by atoms with Gasteiger partial charge in [-0.1, -0.05) is 19.3 Å². The molecule has 10 heteroatoms. The van der Waals surface area contributed by atoms with Crippen LogP contribution in [0, 0.1) is 5.92 Å². The molecule has 0 unspecified atom stereocenters. The van der Waals surface area contributed by atoms with E-state index < -0.39 is 0 Å². The van der Waals surface area contributed by atoms with E-state index in [0.29, 0.717) is 24.0 Å². The van der Waals surface area contributed by atoms with Crippen molar-refractivity contribution in [2.45, 2.75) is 69.9 Å². The van der Waals surface area contributed by atoms with E-state index >= 15 is 0 Å². The fraction of sp³-hybridized carbons (Fsp3) is 0.818. The molecule has 1 saturated heterocycles. The van der Waals surface area contributed by atoms with Crippen molar-refractivity contribution >= 4 is 36.2 Å². The Balaban J connectivity index is 0.00000289. The van der Waals surface area contributed by atoms with Gasteiger partial charge in [-0.2, -0.15) is 15.0 Å². The number of carbonyl (C=O) groups is 1. The van der Waals surface area contributed by atoms with Crippen LogP contribution < -0.4 is 20.9 Å². The molecule has 1 aromatic heterocycles. The summed E-state index contributed by atoms with van der Waals surface area (Å²) < 4.78 is 0. The molecule has 0 spiro atoms. The Hall–Kier alpha value is -1.87. The third-order valence-electron chi connectivity index (χ3n) is 7.02. The van der Waals surface area contributed by atoms with Gasteiger partial charge in [0.15, 0.2) is 0 Å². The first-order valence-electron chi connectivity index (χ1n) is 12.0. The van der Waals surface area contributed by atoms with Crippen molar-refractivity contribution in [3.63, 3.8) is 0 Å². The van der Waals surface area contributed by atoms with Crippen LogP contribution in [0.2, 0.25) is 0 Å². The van der Waals surface area contributed by atoms with Crippen molar-refractivity contribution in [1.29, 1.82) is 0 Å². The molecule has 1 aromatic rings. The van der Waals surface area contributed by atoms with Crippen molar-refractivity contribution < 1.29 is 4.79 Å². The van der Waals surface area contributed by atoms with Crippen LogP contribution in [0.3, 0.4) is 0 Å². The molecule has 0 bridgehead atoms. The minimum atomic E-state index is 0. The summed E-state index contributed by atoms with van der Waals surface area (Å²) in [7, 11) is 3.98. The van der Waals surface area contributed by atoms with Crippen molar-refractivity contribution in [2.75, 3.05) is 55.8 Å². The van der Waals surface area contributed by atoms with Gasteiger partial charge in [-0.05, 0) is 45.6 Å². The van der Waals surface area contributed by atoms with Crippen molar-refractivity contribution in [2.24, 2.45) is 5.92 Å². The van der Waals surface area contributed by atoms with Crippen molar-refractivity contribution in [1.82, 2.24) is 25.2 Å². The average Bonchev–Trinajstić information content (AvgIpc) is 2.80. The first kappa shape index (κ1) is 24.8.